The van der Waals surface area contributed by atoms with Crippen LogP contribution in [0.15, 0.2) is 24.5 Å². The van der Waals surface area contributed by atoms with E-state index in [4.69, 9.17) is 11.6 Å². The van der Waals surface area contributed by atoms with E-state index in [0.29, 0.717) is 34.7 Å². The normalized spacial score (nSPS) is 19.3. The number of carbonyl (C=O) groups is 3. The summed E-state index contributed by atoms with van der Waals surface area (Å²) in [5.74, 6) is 0.492. The van der Waals surface area contributed by atoms with Crippen molar-refractivity contribution < 1.29 is 19.1 Å². The fourth-order valence-electron chi connectivity index (χ4n) is 5.68. The Hall–Kier alpha value is -3.24. The van der Waals surface area contributed by atoms with E-state index in [1.807, 2.05) is 37.8 Å². The average molecular weight is 571 g/mol. The van der Waals surface area contributed by atoms with E-state index in [9.17, 15) is 14.4 Å². The fraction of sp³-hybridized carbons (Fsp3) is 0.552. The second-order valence-corrected chi connectivity index (χ2v) is 11.3. The molecule has 3 atom stereocenters. The van der Waals surface area contributed by atoms with Crippen LogP contribution in [-0.4, -0.2) is 90.1 Å². The first kappa shape index (κ1) is 29.7. The third-order valence-corrected chi connectivity index (χ3v) is 8.59. The van der Waals surface area contributed by atoms with E-state index < -0.39 is 0 Å². The van der Waals surface area contributed by atoms with Crippen molar-refractivity contribution in [1.82, 2.24) is 25.1 Å². The summed E-state index contributed by atoms with van der Waals surface area (Å²) < 4.78 is 4.67. The number of aryl methyl sites for hydroxylation is 3. The molecule has 1 aromatic carbocycles. The average Bonchev–Trinajstić information content (AvgIpc) is 3.50. The van der Waals surface area contributed by atoms with Crippen LogP contribution in [0.3, 0.4) is 0 Å². The molecule has 10 nitrogen and oxygen atoms in total. The molecule has 0 radical (unpaired) electrons. The van der Waals surface area contributed by atoms with Crippen molar-refractivity contribution in [3.05, 3.63) is 52.1 Å². The number of hydrogen-bond acceptors (Lipinski definition) is 7. The molecule has 2 aliphatic heterocycles. The van der Waals surface area contributed by atoms with Crippen LogP contribution < -0.4 is 10.2 Å². The number of anilines is 1. The van der Waals surface area contributed by atoms with Gasteiger partial charge in [-0.2, -0.15) is 0 Å². The number of methoxy groups -OCH3 is 1. The molecule has 0 bridgehead atoms. The number of carbonyl (C=O) groups excluding carboxylic acids is 3. The van der Waals surface area contributed by atoms with Gasteiger partial charge in [0.15, 0.2) is 0 Å². The van der Waals surface area contributed by atoms with Gasteiger partial charge in [-0.05, 0) is 63.6 Å². The number of aromatic nitrogens is 2. The van der Waals surface area contributed by atoms with Crippen LogP contribution >= 0.6 is 11.6 Å². The first-order chi connectivity index (χ1) is 19.1. The Labute approximate surface area is 241 Å². The highest BCUT2D eigenvalue weighted by molar-refractivity contribution is 6.31. The predicted octanol–water partition coefficient (Wildman–Crippen LogP) is 3.62. The van der Waals surface area contributed by atoms with Crippen molar-refractivity contribution >= 4 is 35.2 Å². The number of fused-ring (bicyclic) bond motifs is 1. The van der Waals surface area contributed by atoms with E-state index in [2.05, 4.69) is 31.8 Å². The summed E-state index contributed by atoms with van der Waals surface area (Å²) in [4.78, 5) is 52.4. The van der Waals surface area contributed by atoms with Crippen LogP contribution in [0.2, 0.25) is 5.02 Å². The molecule has 1 aromatic heterocycles. The molecule has 3 heterocycles. The van der Waals surface area contributed by atoms with Crippen molar-refractivity contribution in [1.29, 1.82) is 0 Å². The number of nitrogens with one attached hydrogen (secondary N) is 1. The van der Waals surface area contributed by atoms with Gasteiger partial charge in [-0.15, -0.1) is 0 Å². The Balaban J connectivity index is 1.35. The molecular weight excluding hydrogens is 532 g/mol. The molecule has 2 aliphatic rings. The van der Waals surface area contributed by atoms with Gasteiger partial charge in [0.2, 0.25) is 0 Å². The topological polar surface area (TPSA) is 108 Å². The molecule has 216 valence electrons. The summed E-state index contributed by atoms with van der Waals surface area (Å²) in [6, 6.07) is 5.55. The van der Waals surface area contributed by atoms with Gasteiger partial charge in [0.05, 0.1) is 30.5 Å². The smallest absolute Gasteiger partial charge is 0.321 e. The zero-order valence-electron chi connectivity index (χ0n) is 23.9. The van der Waals surface area contributed by atoms with Crippen molar-refractivity contribution in [3.8, 4) is 0 Å². The van der Waals surface area contributed by atoms with Crippen LogP contribution in [0.25, 0.3) is 0 Å². The van der Waals surface area contributed by atoms with Gasteiger partial charge >= 0.3 is 12.0 Å². The van der Waals surface area contributed by atoms with E-state index in [1.165, 1.54) is 13.4 Å². The van der Waals surface area contributed by atoms with Crippen molar-refractivity contribution in [3.63, 3.8) is 0 Å². The molecule has 0 aliphatic carbocycles. The minimum atomic E-state index is -0.374. The van der Waals surface area contributed by atoms with Gasteiger partial charge in [-0.25, -0.2) is 14.8 Å². The first-order valence-electron chi connectivity index (χ1n) is 13.8. The summed E-state index contributed by atoms with van der Waals surface area (Å²) in [6.07, 6.45) is 2.37. The number of esters is 1. The van der Waals surface area contributed by atoms with Gasteiger partial charge in [-0.1, -0.05) is 17.7 Å². The standard InChI is InChI=1S/C29H39ClN6O4/c1-18-6-7-24(12-25(18)30)36(29(39)31-10-8-26(37)40-5)11-9-19(2)34-13-22-15-35(16-23(22)14-34)28(38)27-20(3)32-17-33-21(27)4/h6-7,12,17,19,22-23H,8-11,13-16H2,1-5H3,(H,31,39). The molecule has 2 aromatic rings. The molecule has 2 saturated heterocycles. The monoisotopic (exact) mass is 570 g/mol. The van der Waals surface area contributed by atoms with Gasteiger partial charge in [0, 0.05) is 56.0 Å². The number of halogens is 1. The largest absolute Gasteiger partial charge is 0.469 e. The second kappa shape index (κ2) is 13.0. The lowest BCUT2D eigenvalue weighted by Crippen LogP contribution is -2.44. The van der Waals surface area contributed by atoms with Gasteiger partial charge in [0.1, 0.15) is 6.33 Å². The fourth-order valence-corrected chi connectivity index (χ4v) is 5.86. The van der Waals surface area contributed by atoms with Crippen molar-refractivity contribution in [2.75, 3.05) is 51.3 Å². The van der Waals surface area contributed by atoms with Crippen LogP contribution in [0.1, 0.15) is 47.1 Å². The highest BCUT2D eigenvalue weighted by atomic mass is 35.5. The second-order valence-electron chi connectivity index (χ2n) is 10.9. The van der Waals surface area contributed by atoms with Crippen LogP contribution in [0.5, 0.6) is 0 Å². The lowest BCUT2D eigenvalue weighted by molar-refractivity contribution is -0.140. The molecular formula is C29H39ClN6O4. The quantitative estimate of drug-likeness (QED) is 0.459. The molecule has 0 spiro atoms. The number of hydrogen-bond donors (Lipinski definition) is 1. The summed E-state index contributed by atoms with van der Waals surface area (Å²) in [7, 11) is 1.33. The van der Waals surface area contributed by atoms with E-state index in [0.717, 1.165) is 49.6 Å². The molecule has 4 rings (SSSR count). The van der Waals surface area contributed by atoms with E-state index in [-0.39, 0.29) is 36.9 Å². The molecule has 3 amide bonds. The zero-order chi connectivity index (χ0) is 29.0. The number of likely N-dealkylation sites (tertiary alicyclic amines) is 2. The maximum absolute atomic E-state index is 13.2. The summed E-state index contributed by atoms with van der Waals surface area (Å²) >= 11 is 6.38. The van der Waals surface area contributed by atoms with Crippen LogP contribution in [-0.2, 0) is 9.53 Å². The Morgan fingerprint density at radius 2 is 1.75 bits per heavy atom. The number of nitrogens with zero attached hydrogens (tertiary/aromatic N) is 5. The molecule has 2 fully saturated rings. The third-order valence-electron chi connectivity index (χ3n) is 8.18. The molecule has 11 heteroatoms. The maximum atomic E-state index is 13.2. The van der Waals surface area contributed by atoms with Gasteiger partial charge in [-0.3, -0.25) is 19.4 Å². The highest BCUT2D eigenvalue weighted by Crippen LogP contribution is 2.34. The zero-order valence-corrected chi connectivity index (χ0v) is 24.7. The summed E-state index contributed by atoms with van der Waals surface area (Å²) in [5.41, 5.74) is 3.71. The Morgan fingerprint density at radius 1 is 1.10 bits per heavy atom. The Kier molecular flexibility index (Phi) is 9.63. The molecule has 40 heavy (non-hydrogen) atoms. The summed E-state index contributed by atoms with van der Waals surface area (Å²) in [6.45, 7) is 11.8. The minimum Gasteiger partial charge on any atom is -0.469 e. The Morgan fingerprint density at radius 3 is 2.35 bits per heavy atom. The molecule has 1 N–H and O–H groups in total. The minimum absolute atomic E-state index is 0.0233. The van der Waals surface area contributed by atoms with Crippen LogP contribution in [0, 0.1) is 32.6 Å². The summed E-state index contributed by atoms with van der Waals surface area (Å²) in [5, 5.41) is 3.42. The highest BCUT2D eigenvalue weighted by Gasteiger charge is 2.43. The number of urea groups is 1. The molecule has 3 unspecified atom stereocenters. The number of amides is 3. The van der Waals surface area contributed by atoms with Crippen molar-refractivity contribution in [2.45, 2.75) is 46.6 Å². The maximum Gasteiger partial charge on any atom is 0.321 e. The molecule has 0 saturated carbocycles. The van der Waals surface area contributed by atoms with Gasteiger partial charge < -0.3 is 15.0 Å². The first-order valence-corrected chi connectivity index (χ1v) is 14.2. The number of ether oxygens (including phenoxy) is 1. The van der Waals surface area contributed by atoms with E-state index in [1.54, 1.807) is 11.0 Å². The third kappa shape index (κ3) is 6.72. The Bertz CT molecular complexity index is 1220. The SMILES string of the molecule is COC(=O)CCNC(=O)N(CCC(C)N1CC2CN(C(=O)c3c(C)ncnc3C)CC2C1)c1ccc(C)c(Cl)c1. The number of rotatable bonds is 9. The lowest BCUT2D eigenvalue weighted by atomic mass is 10.0. The van der Waals surface area contributed by atoms with E-state index >= 15 is 0 Å². The van der Waals surface area contributed by atoms with Gasteiger partial charge in [0.25, 0.3) is 5.91 Å². The van der Waals surface area contributed by atoms with Crippen molar-refractivity contribution in [2.24, 2.45) is 11.8 Å². The number of benzene rings is 1. The van der Waals surface area contributed by atoms with Crippen LogP contribution in [0.4, 0.5) is 10.5 Å². The lowest BCUT2D eigenvalue weighted by Gasteiger charge is -2.30. The predicted molar refractivity (Wildman–Crippen MR) is 154 cm³/mol.